The SMILES string of the molecule is CCCN1CCOC(C(NCC)C2CC(C)CC(C)C2)C1. The lowest BCUT2D eigenvalue weighted by atomic mass is 9.72. The molecule has 2 rings (SSSR count). The van der Waals surface area contributed by atoms with Gasteiger partial charge in [-0.1, -0.05) is 27.7 Å². The van der Waals surface area contributed by atoms with E-state index in [4.69, 9.17) is 4.74 Å². The first-order valence-corrected chi connectivity index (χ1v) is 9.21. The fourth-order valence-corrected chi connectivity index (χ4v) is 4.61. The Bertz CT molecular complexity index is 285. The quantitative estimate of drug-likeness (QED) is 0.815. The van der Waals surface area contributed by atoms with Crippen molar-refractivity contribution in [2.24, 2.45) is 17.8 Å². The van der Waals surface area contributed by atoms with Gasteiger partial charge in [-0.15, -0.1) is 0 Å². The Morgan fingerprint density at radius 2 is 1.86 bits per heavy atom. The molecule has 0 bridgehead atoms. The molecule has 0 spiro atoms. The minimum absolute atomic E-state index is 0.382. The Balaban J connectivity index is 1.99. The van der Waals surface area contributed by atoms with Crippen LogP contribution < -0.4 is 5.32 Å². The molecule has 2 aliphatic rings. The number of likely N-dealkylation sites (N-methyl/N-ethyl adjacent to an activating group) is 1. The van der Waals surface area contributed by atoms with Crippen LogP contribution in [0.3, 0.4) is 0 Å². The summed E-state index contributed by atoms with van der Waals surface area (Å²) in [4.78, 5) is 2.59. The van der Waals surface area contributed by atoms with Crippen molar-refractivity contribution in [3.05, 3.63) is 0 Å². The summed E-state index contributed by atoms with van der Waals surface area (Å²) in [7, 11) is 0. The van der Waals surface area contributed by atoms with Crippen LogP contribution >= 0.6 is 0 Å². The smallest absolute Gasteiger partial charge is 0.0857 e. The number of hydrogen-bond donors (Lipinski definition) is 1. The van der Waals surface area contributed by atoms with E-state index in [2.05, 4.69) is 37.9 Å². The zero-order valence-electron chi connectivity index (χ0n) is 14.6. The molecule has 2 fully saturated rings. The van der Waals surface area contributed by atoms with Crippen molar-refractivity contribution in [3.8, 4) is 0 Å². The van der Waals surface area contributed by atoms with Gasteiger partial charge in [0.05, 0.1) is 12.7 Å². The molecule has 0 aromatic carbocycles. The Morgan fingerprint density at radius 3 is 2.48 bits per heavy atom. The molecule has 4 atom stereocenters. The molecular formula is C18H36N2O. The van der Waals surface area contributed by atoms with E-state index in [1.807, 2.05) is 0 Å². The minimum Gasteiger partial charge on any atom is -0.374 e. The standard InChI is InChI=1S/C18H36N2O/c1-5-7-20-8-9-21-17(13-20)18(19-6-2)16-11-14(3)10-15(4)12-16/h14-19H,5-13H2,1-4H3. The van der Waals surface area contributed by atoms with Crippen molar-refractivity contribution in [3.63, 3.8) is 0 Å². The van der Waals surface area contributed by atoms with Crippen LogP contribution in [0.4, 0.5) is 0 Å². The third kappa shape index (κ3) is 4.94. The average Bonchev–Trinajstić information content (AvgIpc) is 2.44. The topological polar surface area (TPSA) is 24.5 Å². The third-order valence-electron chi connectivity index (χ3n) is 5.28. The fourth-order valence-electron chi connectivity index (χ4n) is 4.61. The molecular weight excluding hydrogens is 260 g/mol. The maximum absolute atomic E-state index is 6.19. The van der Waals surface area contributed by atoms with Gasteiger partial charge in [0.15, 0.2) is 0 Å². The summed E-state index contributed by atoms with van der Waals surface area (Å²) in [6.07, 6.45) is 5.78. The predicted octanol–water partition coefficient (Wildman–Crippen LogP) is 3.15. The summed E-state index contributed by atoms with van der Waals surface area (Å²) in [6.45, 7) is 14.8. The van der Waals surface area contributed by atoms with Crippen molar-refractivity contribution in [1.82, 2.24) is 10.2 Å². The highest BCUT2D eigenvalue weighted by Crippen LogP contribution is 2.36. The summed E-state index contributed by atoms with van der Waals surface area (Å²) in [5.74, 6) is 2.53. The van der Waals surface area contributed by atoms with E-state index < -0.39 is 0 Å². The van der Waals surface area contributed by atoms with Crippen LogP contribution in [0.5, 0.6) is 0 Å². The first kappa shape index (κ1) is 17.2. The molecule has 1 saturated carbocycles. The molecule has 3 nitrogen and oxygen atoms in total. The normalized spacial score (nSPS) is 36.6. The number of rotatable bonds is 6. The molecule has 1 heterocycles. The van der Waals surface area contributed by atoms with Gasteiger partial charge in [0.1, 0.15) is 0 Å². The average molecular weight is 296 g/mol. The first-order chi connectivity index (χ1) is 10.1. The van der Waals surface area contributed by atoms with Crippen LogP contribution in [0.15, 0.2) is 0 Å². The Hall–Kier alpha value is -0.120. The number of hydrogen-bond acceptors (Lipinski definition) is 3. The number of nitrogens with one attached hydrogen (secondary N) is 1. The van der Waals surface area contributed by atoms with Crippen LogP contribution in [-0.2, 0) is 4.74 Å². The summed E-state index contributed by atoms with van der Waals surface area (Å²) < 4.78 is 6.19. The van der Waals surface area contributed by atoms with Crippen LogP contribution in [0, 0.1) is 17.8 Å². The molecule has 0 radical (unpaired) electrons. The van der Waals surface area contributed by atoms with Crippen LogP contribution in [0.1, 0.15) is 53.4 Å². The van der Waals surface area contributed by atoms with Crippen molar-refractivity contribution >= 4 is 0 Å². The summed E-state index contributed by atoms with van der Waals surface area (Å²) in [6, 6.07) is 0.542. The number of nitrogens with zero attached hydrogens (tertiary/aromatic N) is 1. The highest BCUT2D eigenvalue weighted by atomic mass is 16.5. The Morgan fingerprint density at radius 1 is 1.14 bits per heavy atom. The Labute approximate surface area is 131 Å². The highest BCUT2D eigenvalue weighted by molar-refractivity contribution is 4.91. The second-order valence-electron chi connectivity index (χ2n) is 7.47. The molecule has 0 amide bonds. The van der Waals surface area contributed by atoms with Crippen molar-refractivity contribution in [1.29, 1.82) is 0 Å². The van der Waals surface area contributed by atoms with E-state index in [1.165, 1.54) is 32.2 Å². The fraction of sp³-hybridized carbons (Fsp3) is 1.00. The highest BCUT2D eigenvalue weighted by Gasteiger charge is 2.36. The van der Waals surface area contributed by atoms with Gasteiger partial charge in [-0.2, -0.15) is 0 Å². The lowest BCUT2D eigenvalue weighted by Crippen LogP contribution is -2.56. The van der Waals surface area contributed by atoms with E-state index in [1.54, 1.807) is 0 Å². The van der Waals surface area contributed by atoms with Gasteiger partial charge in [0.2, 0.25) is 0 Å². The Kier molecular flexibility index (Phi) is 6.97. The van der Waals surface area contributed by atoms with Gasteiger partial charge >= 0.3 is 0 Å². The van der Waals surface area contributed by atoms with Crippen molar-refractivity contribution < 1.29 is 4.74 Å². The second-order valence-corrected chi connectivity index (χ2v) is 7.47. The summed E-state index contributed by atoms with van der Waals surface area (Å²) in [5.41, 5.74) is 0. The molecule has 21 heavy (non-hydrogen) atoms. The molecule has 1 aliphatic carbocycles. The maximum Gasteiger partial charge on any atom is 0.0857 e. The van der Waals surface area contributed by atoms with Crippen LogP contribution in [0.2, 0.25) is 0 Å². The molecule has 1 N–H and O–H groups in total. The van der Waals surface area contributed by atoms with Gasteiger partial charge in [-0.3, -0.25) is 4.90 Å². The number of ether oxygens (including phenoxy) is 1. The monoisotopic (exact) mass is 296 g/mol. The molecule has 1 saturated heterocycles. The zero-order chi connectivity index (χ0) is 15.2. The van der Waals surface area contributed by atoms with E-state index in [0.717, 1.165) is 44.0 Å². The molecule has 124 valence electrons. The van der Waals surface area contributed by atoms with Gasteiger partial charge in [0.25, 0.3) is 0 Å². The van der Waals surface area contributed by atoms with E-state index >= 15 is 0 Å². The van der Waals surface area contributed by atoms with E-state index in [0.29, 0.717) is 12.1 Å². The first-order valence-electron chi connectivity index (χ1n) is 9.21. The van der Waals surface area contributed by atoms with Crippen molar-refractivity contribution in [2.75, 3.05) is 32.8 Å². The lowest BCUT2D eigenvalue weighted by molar-refractivity contribution is -0.0623. The van der Waals surface area contributed by atoms with Gasteiger partial charge in [0, 0.05) is 19.1 Å². The van der Waals surface area contributed by atoms with E-state index in [-0.39, 0.29) is 0 Å². The molecule has 0 aromatic heterocycles. The third-order valence-corrected chi connectivity index (χ3v) is 5.28. The molecule has 3 heteroatoms. The molecule has 0 aromatic rings. The van der Waals surface area contributed by atoms with E-state index in [9.17, 15) is 0 Å². The summed E-state index contributed by atoms with van der Waals surface area (Å²) in [5, 5.41) is 3.77. The largest absolute Gasteiger partial charge is 0.374 e. The van der Waals surface area contributed by atoms with Crippen LogP contribution in [-0.4, -0.2) is 49.8 Å². The lowest BCUT2D eigenvalue weighted by Gasteiger charge is -2.43. The van der Waals surface area contributed by atoms with Gasteiger partial charge < -0.3 is 10.1 Å². The van der Waals surface area contributed by atoms with Crippen LogP contribution in [0.25, 0.3) is 0 Å². The number of morpholine rings is 1. The van der Waals surface area contributed by atoms with Crippen molar-refractivity contribution in [2.45, 2.75) is 65.5 Å². The predicted molar refractivity (Wildman–Crippen MR) is 89.6 cm³/mol. The molecule has 1 aliphatic heterocycles. The second kappa shape index (κ2) is 8.50. The van der Waals surface area contributed by atoms with Gasteiger partial charge in [-0.05, 0) is 56.5 Å². The maximum atomic E-state index is 6.19. The van der Waals surface area contributed by atoms with Gasteiger partial charge in [-0.25, -0.2) is 0 Å². The zero-order valence-corrected chi connectivity index (χ0v) is 14.6. The summed E-state index contributed by atoms with van der Waals surface area (Å²) >= 11 is 0. The molecule has 4 unspecified atom stereocenters. The minimum atomic E-state index is 0.382.